The van der Waals surface area contributed by atoms with Crippen molar-refractivity contribution in [3.63, 3.8) is 0 Å². The van der Waals surface area contributed by atoms with E-state index in [1.165, 1.54) is 10.6 Å². The summed E-state index contributed by atoms with van der Waals surface area (Å²) in [5, 5.41) is 2.93. The van der Waals surface area contributed by atoms with Crippen molar-refractivity contribution in [2.45, 2.75) is 77.5 Å². The molecular formula is C21H31N3O4. The number of hydrogen-bond acceptors (Lipinski definition) is 4. The van der Waals surface area contributed by atoms with Gasteiger partial charge >= 0.3 is 6.09 Å². The number of hydrogen-bond donors (Lipinski definition) is 1. The SMILES string of the molecule is Cc1cc(=O)n(C)cc1NC(=O)C1CC2CCCCC2N1C(=O)OC(C)(C)C. The van der Waals surface area contributed by atoms with Crippen molar-refractivity contribution in [3.8, 4) is 0 Å². The number of fused-ring (bicyclic) bond motifs is 1. The minimum absolute atomic E-state index is 0.0561. The van der Waals surface area contributed by atoms with Crippen LogP contribution in [0, 0.1) is 12.8 Å². The second kappa shape index (κ2) is 7.60. The van der Waals surface area contributed by atoms with Gasteiger partial charge in [0.1, 0.15) is 11.6 Å². The molecule has 2 fully saturated rings. The standard InChI is InChI=1S/C21H31N3O4/c1-13-10-18(25)23(5)12-15(13)22-19(26)17-11-14-8-6-7-9-16(14)24(17)20(27)28-21(2,3)4/h10,12,14,16-17H,6-9,11H2,1-5H3,(H,22,26). The first kappa shape index (κ1) is 20.4. The topological polar surface area (TPSA) is 80.6 Å². The fourth-order valence-corrected chi connectivity index (χ4v) is 4.34. The van der Waals surface area contributed by atoms with E-state index in [2.05, 4.69) is 5.32 Å². The maximum Gasteiger partial charge on any atom is 0.411 e. The lowest BCUT2D eigenvalue weighted by Gasteiger charge is -2.34. The van der Waals surface area contributed by atoms with Gasteiger partial charge in [-0.2, -0.15) is 0 Å². The molecule has 1 aromatic heterocycles. The summed E-state index contributed by atoms with van der Waals surface area (Å²) >= 11 is 0. The van der Waals surface area contributed by atoms with Gasteiger partial charge in [0.05, 0.1) is 5.69 Å². The molecule has 2 aliphatic rings. The number of carbonyl (C=O) groups excluding carboxylic acids is 2. The van der Waals surface area contributed by atoms with Gasteiger partial charge in [-0.1, -0.05) is 12.8 Å². The highest BCUT2D eigenvalue weighted by Gasteiger charge is 2.48. The molecule has 7 nitrogen and oxygen atoms in total. The number of pyridine rings is 1. The van der Waals surface area contributed by atoms with Crippen molar-refractivity contribution >= 4 is 17.7 Å². The van der Waals surface area contributed by atoms with Gasteiger partial charge in [0.15, 0.2) is 0 Å². The Hall–Kier alpha value is -2.31. The fraction of sp³-hybridized carbons (Fsp3) is 0.667. The van der Waals surface area contributed by atoms with Crippen LogP contribution in [0.3, 0.4) is 0 Å². The normalized spacial score (nSPS) is 24.6. The van der Waals surface area contributed by atoms with Crippen molar-refractivity contribution in [3.05, 3.63) is 28.2 Å². The third-order valence-electron chi connectivity index (χ3n) is 5.69. The summed E-state index contributed by atoms with van der Waals surface area (Å²) < 4.78 is 7.05. The Labute approximate surface area is 166 Å². The molecule has 1 aliphatic carbocycles. The molecule has 0 spiro atoms. The number of ether oxygens (including phenoxy) is 1. The van der Waals surface area contributed by atoms with Gasteiger partial charge in [0.25, 0.3) is 5.56 Å². The molecule has 2 heterocycles. The summed E-state index contributed by atoms with van der Waals surface area (Å²) in [7, 11) is 1.65. The van der Waals surface area contributed by atoms with Gasteiger partial charge in [-0.05, 0) is 58.4 Å². The number of aryl methyl sites for hydroxylation is 2. The first-order valence-corrected chi connectivity index (χ1v) is 10.1. The van der Waals surface area contributed by atoms with Crippen LogP contribution in [0.4, 0.5) is 10.5 Å². The van der Waals surface area contributed by atoms with E-state index >= 15 is 0 Å². The summed E-state index contributed by atoms with van der Waals surface area (Å²) in [6.07, 6.45) is 6.00. The van der Waals surface area contributed by atoms with Crippen molar-refractivity contribution in [1.29, 1.82) is 0 Å². The number of carbonyl (C=O) groups is 2. The van der Waals surface area contributed by atoms with E-state index in [4.69, 9.17) is 4.74 Å². The quantitative estimate of drug-likeness (QED) is 0.842. The van der Waals surface area contributed by atoms with E-state index in [1.807, 2.05) is 20.8 Å². The highest BCUT2D eigenvalue weighted by atomic mass is 16.6. The zero-order valence-electron chi connectivity index (χ0n) is 17.4. The van der Waals surface area contributed by atoms with Crippen LogP contribution < -0.4 is 10.9 Å². The van der Waals surface area contributed by atoms with Crippen LogP contribution >= 0.6 is 0 Å². The molecule has 0 bridgehead atoms. The maximum absolute atomic E-state index is 13.1. The molecule has 2 amide bonds. The van der Waals surface area contributed by atoms with E-state index in [-0.39, 0.29) is 17.5 Å². The van der Waals surface area contributed by atoms with Gasteiger partial charge in [-0.15, -0.1) is 0 Å². The molecule has 3 atom stereocenters. The molecule has 1 N–H and O–H groups in total. The van der Waals surface area contributed by atoms with Gasteiger partial charge in [0, 0.05) is 25.4 Å². The van der Waals surface area contributed by atoms with Crippen LogP contribution in [0.25, 0.3) is 0 Å². The lowest BCUT2D eigenvalue weighted by molar-refractivity contribution is -0.120. The summed E-state index contributed by atoms with van der Waals surface area (Å²) in [6, 6.07) is 0.996. The molecule has 3 rings (SSSR count). The largest absolute Gasteiger partial charge is 0.444 e. The maximum atomic E-state index is 13.1. The van der Waals surface area contributed by atoms with E-state index < -0.39 is 17.7 Å². The zero-order chi connectivity index (χ0) is 20.6. The van der Waals surface area contributed by atoms with E-state index in [0.29, 0.717) is 23.6 Å². The summed E-state index contributed by atoms with van der Waals surface area (Å²) in [5.41, 5.74) is 0.554. The monoisotopic (exact) mass is 389 g/mol. The third kappa shape index (κ3) is 4.23. The predicted molar refractivity (Wildman–Crippen MR) is 107 cm³/mol. The van der Waals surface area contributed by atoms with Crippen molar-refractivity contribution in [2.24, 2.45) is 13.0 Å². The molecular weight excluding hydrogens is 358 g/mol. The lowest BCUT2D eigenvalue weighted by Crippen LogP contribution is -2.49. The second-order valence-electron chi connectivity index (χ2n) is 9.06. The number of anilines is 1. The van der Waals surface area contributed by atoms with E-state index in [9.17, 15) is 14.4 Å². The average Bonchev–Trinajstić information content (AvgIpc) is 2.98. The van der Waals surface area contributed by atoms with E-state index in [1.54, 1.807) is 25.1 Å². The Morgan fingerprint density at radius 1 is 1.21 bits per heavy atom. The number of rotatable bonds is 2. The highest BCUT2D eigenvalue weighted by molar-refractivity contribution is 5.97. The predicted octanol–water partition coefficient (Wildman–Crippen LogP) is 3.20. The number of nitrogens with zero attached hydrogens (tertiary/aromatic N) is 2. The molecule has 3 unspecified atom stereocenters. The number of amides is 2. The van der Waals surface area contributed by atoms with Crippen LogP contribution in [-0.4, -0.2) is 39.2 Å². The van der Waals surface area contributed by atoms with Gasteiger partial charge in [0.2, 0.25) is 5.91 Å². The average molecular weight is 389 g/mol. The molecule has 1 saturated heterocycles. The lowest BCUT2D eigenvalue weighted by atomic mass is 9.85. The zero-order valence-corrected chi connectivity index (χ0v) is 17.4. The second-order valence-corrected chi connectivity index (χ2v) is 9.06. The first-order valence-electron chi connectivity index (χ1n) is 10.1. The van der Waals surface area contributed by atoms with E-state index in [0.717, 1.165) is 25.7 Å². The summed E-state index contributed by atoms with van der Waals surface area (Å²) in [4.78, 5) is 39.5. The van der Waals surface area contributed by atoms with Crippen LogP contribution in [0.5, 0.6) is 0 Å². The summed E-state index contributed by atoms with van der Waals surface area (Å²) in [5.74, 6) is 0.111. The van der Waals surface area contributed by atoms with Gasteiger partial charge < -0.3 is 14.6 Å². The van der Waals surface area contributed by atoms with Crippen molar-refractivity contribution in [2.75, 3.05) is 5.32 Å². The van der Waals surface area contributed by atoms with Gasteiger partial charge in [-0.3, -0.25) is 14.5 Å². The molecule has 154 valence electrons. The van der Waals surface area contributed by atoms with Gasteiger partial charge in [-0.25, -0.2) is 4.79 Å². The Morgan fingerprint density at radius 2 is 1.89 bits per heavy atom. The molecule has 28 heavy (non-hydrogen) atoms. The number of aromatic nitrogens is 1. The van der Waals surface area contributed by atoms with Crippen LogP contribution in [0.15, 0.2) is 17.1 Å². The highest BCUT2D eigenvalue weighted by Crippen LogP contribution is 2.40. The Bertz CT molecular complexity index is 824. The Balaban J connectivity index is 1.85. The third-order valence-corrected chi connectivity index (χ3v) is 5.69. The molecule has 1 aromatic rings. The van der Waals surface area contributed by atoms with Crippen molar-refractivity contribution in [1.82, 2.24) is 9.47 Å². The smallest absolute Gasteiger partial charge is 0.411 e. The number of nitrogens with one attached hydrogen (secondary N) is 1. The van der Waals surface area contributed by atoms with Crippen LogP contribution in [-0.2, 0) is 16.6 Å². The summed E-state index contributed by atoms with van der Waals surface area (Å²) in [6.45, 7) is 7.30. The minimum atomic E-state index is -0.612. The molecule has 0 aromatic carbocycles. The Morgan fingerprint density at radius 3 is 2.57 bits per heavy atom. The molecule has 7 heteroatoms. The first-order chi connectivity index (χ1) is 13.1. The minimum Gasteiger partial charge on any atom is -0.444 e. The fourth-order valence-electron chi connectivity index (χ4n) is 4.34. The van der Waals surface area contributed by atoms with Crippen LogP contribution in [0.1, 0.15) is 58.4 Å². The molecule has 0 radical (unpaired) electrons. The van der Waals surface area contributed by atoms with Crippen LogP contribution in [0.2, 0.25) is 0 Å². The van der Waals surface area contributed by atoms with Crippen molar-refractivity contribution < 1.29 is 14.3 Å². The Kier molecular flexibility index (Phi) is 5.55. The molecule has 1 saturated carbocycles. The number of likely N-dealkylation sites (tertiary alicyclic amines) is 1. The molecule has 1 aliphatic heterocycles.